The Kier molecular flexibility index (Phi) is 3.40. The molecule has 0 spiro atoms. The summed E-state index contributed by atoms with van der Waals surface area (Å²) >= 11 is 0. The molecule has 1 amide bonds. The number of rotatable bonds is 3. The number of amides is 1. The highest BCUT2D eigenvalue weighted by Crippen LogP contribution is 2.12. The van der Waals surface area contributed by atoms with Gasteiger partial charge in [0.1, 0.15) is 0 Å². The average Bonchev–Trinajstić information content (AvgIpc) is 2.83. The van der Waals surface area contributed by atoms with Crippen LogP contribution in [0.1, 0.15) is 24.0 Å². The molecule has 0 bridgehead atoms. The van der Waals surface area contributed by atoms with Gasteiger partial charge in [-0.05, 0) is 24.0 Å². The quantitative estimate of drug-likeness (QED) is 0.758. The number of likely N-dealkylation sites (tertiary alicyclic amines) is 1. The first kappa shape index (κ1) is 10.9. The van der Waals surface area contributed by atoms with Crippen LogP contribution in [0.4, 0.5) is 0 Å². The normalized spacial score (nSPS) is 15.1. The van der Waals surface area contributed by atoms with Crippen molar-refractivity contribution in [2.45, 2.75) is 19.3 Å². The Morgan fingerprint density at radius 3 is 2.81 bits per heavy atom. The molecule has 84 valence electrons. The van der Waals surface area contributed by atoms with E-state index < -0.39 is 0 Å². The van der Waals surface area contributed by atoms with E-state index in [4.69, 9.17) is 0 Å². The minimum Gasteiger partial charge on any atom is -0.342 e. The van der Waals surface area contributed by atoms with Crippen molar-refractivity contribution < 1.29 is 4.79 Å². The van der Waals surface area contributed by atoms with Crippen molar-refractivity contribution in [1.29, 1.82) is 0 Å². The SMILES string of the molecule is C=Cc1cccc(CC(=O)N2CCCC2)c1. The van der Waals surface area contributed by atoms with Gasteiger partial charge >= 0.3 is 0 Å². The lowest BCUT2D eigenvalue weighted by Gasteiger charge is -2.15. The van der Waals surface area contributed by atoms with Gasteiger partial charge in [-0.1, -0.05) is 36.9 Å². The van der Waals surface area contributed by atoms with Crippen LogP contribution in [-0.2, 0) is 11.2 Å². The van der Waals surface area contributed by atoms with Crippen molar-refractivity contribution in [1.82, 2.24) is 4.90 Å². The third-order valence-electron chi connectivity index (χ3n) is 3.00. The Hall–Kier alpha value is -1.57. The zero-order chi connectivity index (χ0) is 11.4. The number of hydrogen-bond donors (Lipinski definition) is 0. The van der Waals surface area contributed by atoms with E-state index in [9.17, 15) is 4.79 Å². The van der Waals surface area contributed by atoms with Gasteiger partial charge in [0.25, 0.3) is 0 Å². The predicted molar refractivity (Wildman–Crippen MR) is 66.1 cm³/mol. The molecule has 0 atom stereocenters. The number of nitrogens with zero attached hydrogens (tertiary/aromatic N) is 1. The molecule has 0 saturated carbocycles. The maximum absolute atomic E-state index is 11.9. The van der Waals surface area contributed by atoms with E-state index in [1.807, 2.05) is 35.2 Å². The molecule has 2 heteroatoms. The van der Waals surface area contributed by atoms with Crippen molar-refractivity contribution >= 4 is 12.0 Å². The fourth-order valence-corrected chi connectivity index (χ4v) is 2.08. The molecule has 1 heterocycles. The molecule has 2 nitrogen and oxygen atoms in total. The Bertz CT molecular complexity index is 391. The van der Waals surface area contributed by atoms with E-state index in [1.54, 1.807) is 0 Å². The number of benzene rings is 1. The van der Waals surface area contributed by atoms with E-state index in [1.165, 1.54) is 0 Å². The van der Waals surface area contributed by atoms with Crippen molar-refractivity contribution in [3.05, 3.63) is 42.0 Å². The standard InChI is InChI=1S/C14H17NO/c1-2-12-6-5-7-13(10-12)11-14(16)15-8-3-4-9-15/h2,5-7,10H,1,3-4,8-9,11H2. The molecule has 0 radical (unpaired) electrons. The van der Waals surface area contributed by atoms with Crippen molar-refractivity contribution in [2.75, 3.05) is 13.1 Å². The maximum Gasteiger partial charge on any atom is 0.226 e. The van der Waals surface area contributed by atoms with Crippen LogP contribution in [0.15, 0.2) is 30.8 Å². The first-order valence-corrected chi connectivity index (χ1v) is 5.79. The summed E-state index contributed by atoms with van der Waals surface area (Å²) in [5.41, 5.74) is 2.15. The van der Waals surface area contributed by atoms with Gasteiger partial charge in [-0.15, -0.1) is 0 Å². The third kappa shape index (κ3) is 2.51. The summed E-state index contributed by atoms with van der Waals surface area (Å²) in [5, 5.41) is 0. The second-order valence-corrected chi connectivity index (χ2v) is 4.21. The van der Waals surface area contributed by atoms with Crippen molar-refractivity contribution in [3.63, 3.8) is 0 Å². The molecule has 0 aliphatic carbocycles. The maximum atomic E-state index is 11.9. The molecular formula is C14H17NO. The van der Waals surface area contributed by atoms with Crippen LogP contribution in [-0.4, -0.2) is 23.9 Å². The molecule has 1 saturated heterocycles. The van der Waals surface area contributed by atoms with Gasteiger partial charge < -0.3 is 4.90 Å². The van der Waals surface area contributed by atoms with Crippen molar-refractivity contribution in [3.8, 4) is 0 Å². The Morgan fingerprint density at radius 2 is 2.12 bits per heavy atom. The Morgan fingerprint density at radius 1 is 1.38 bits per heavy atom. The second-order valence-electron chi connectivity index (χ2n) is 4.21. The lowest BCUT2D eigenvalue weighted by atomic mass is 10.1. The number of hydrogen-bond acceptors (Lipinski definition) is 1. The first-order valence-electron chi connectivity index (χ1n) is 5.79. The van der Waals surface area contributed by atoms with Crippen LogP contribution in [0.5, 0.6) is 0 Å². The van der Waals surface area contributed by atoms with E-state index in [-0.39, 0.29) is 5.91 Å². The first-order chi connectivity index (χ1) is 7.79. The highest BCUT2D eigenvalue weighted by Gasteiger charge is 2.17. The summed E-state index contributed by atoms with van der Waals surface area (Å²) in [6, 6.07) is 8.00. The summed E-state index contributed by atoms with van der Waals surface area (Å²) in [6.45, 7) is 5.59. The van der Waals surface area contributed by atoms with Gasteiger partial charge in [-0.3, -0.25) is 4.79 Å². The monoisotopic (exact) mass is 215 g/mol. The van der Waals surface area contributed by atoms with Crippen LogP contribution in [0.2, 0.25) is 0 Å². The fourth-order valence-electron chi connectivity index (χ4n) is 2.08. The molecule has 2 rings (SSSR count). The van der Waals surface area contributed by atoms with Gasteiger partial charge in [0.2, 0.25) is 5.91 Å². The third-order valence-corrected chi connectivity index (χ3v) is 3.00. The van der Waals surface area contributed by atoms with Gasteiger partial charge in [0.15, 0.2) is 0 Å². The van der Waals surface area contributed by atoms with Gasteiger partial charge in [0, 0.05) is 13.1 Å². The van der Waals surface area contributed by atoms with E-state index in [0.29, 0.717) is 6.42 Å². The van der Waals surface area contributed by atoms with E-state index in [2.05, 4.69) is 6.58 Å². The summed E-state index contributed by atoms with van der Waals surface area (Å²) in [6.07, 6.45) is 4.63. The summed E-state index contributed by atoms with van der Waals surface area (Å²) in [7, 11) is 0. The zero-order valence-corrected chi connectivity index (χ0v) is 9.48. The fraction of sp³-hybridized carbons (Fsp3) is 0.357. The lowest BCUT2D eigenvalue weighted by molar-refractivity contribution is -0.129. The molecule has 1 aliphatic heterocycles. The van der Waals surface area contributed by atoms with Crippen LogP contribution in [0, 0.1) is 0 Å². The zero-order valence-electron chi connectivity index (χ0n) is 9.48. The van der Waals surface area contributed by atoms with Crippen molar-refractivity contribution in [2.24, 2.45) is 0 Å². The highest BCUT2D eigenvalue weighted by atomic mass is 16.2. The number of carbonyl (C=O) groups is 1. The van der Waals surface area contributed by atoms with E-state index in [0.717, 1.165) is 37.1 Å². The Labute approximate surface area is 96.6 Å². The minimum atomic E-state index is 0.249. The molecule has 1 aliphatic rings. The molecular weight excluding hydrogens is 198 g/mol. The molecule has 1 aromatic rings. The van der Waals surface area contributed by atoms with Gasteiger partial charge in [-0.25, -0.2) is 0 Å². The Balaban J connectivity index is 2.02. The summed E-state index contributed by atoms with van der Waals surface area (Å²) < 4.78 is 0. The smallest absolute Gasteiger partial charge is 0.226 e. The predicted octanol–water partition coefficient (Wildman–Crippen LogP) is 2.49. The lowest BCUT2D eigenvalue weighted by Crippen LogP contribution is -2.29. The highest BCUT2D eigenvalue weighted by molar-refractivity contribution is 5.79. The molecule has 0 aromatic heterocycles. The molecule has 1 fully saturated rings. The van der Waals surface area contributed by atoms with Gasteiger partial charge in [-0.2, -0.15) is 0 Å². The topological polar surface area (TPSA) is 20.3 Å². The number of carbonyl (C=O) groups excluding carboxylic acids is 1. The minimum absolute atomic E-state index is 0.249. The largest absolute Gasteiger partial charge is 0.342 e. The summed E-state index contributed by atoms with van der Waals surface area (Å²) in [5.74, 6) is 0.249. The molecule has 1 aromatic carbocycles. The second kappa shape index (κ2) is 4.97. The molecule has 16 heavy (non-hydrogen) atoms. The molecule has 0 unspecified atom stereocenters. The van der Waals surface area contributed by atoms with Crippen LogP contribution < -0.4 is 0 Å². The van der Waals surface area contributed by atoms with Crippen LogP contribution in [0.3, 0.4) is 0 Å². The summed E-state index contributed by atoms with van der Waals surface area (Å²) in [4.78, 5) is 13.9. The van der Waals surface area contributed by atoms with E-state index >= 15 is 0 Å². The van der Waals surface area contributed by atoms with Crippen LogP contribution >= 0.6 is 0 Å². The van der Waals surface area contributed by atoms with Gasteiger partial charge in [0.05, 0.1) is 6.42 Å². The van der Waals surface area contributed by atoms with Crippen LogP contribution in [0.25, 0.3) is 6.08 Å². The average molecular weight is 215 g/mol. The molecule has 0 N–H and O–H groups in total.